The van der Waals surface area contributed by atoms with Crippen LogP contribution in [-0.2, 0) is 30.7 Å². The summed E-state index contributed by atoms with van der Waals surface area (Å²) in [6, 6.07) is 8.84. The highest BCUT2D eigenvalue weighted by atomic mass is 32.2. The van der Waals surface area contributed by atoms with Crippen LogP contribution < -0.4 is 14.8 Å². The minimum atomic E-state index is -3.60. The minimum Gasteiger partial charge on any atom is -0.490 e. The first-order chi connectivity index (χ1) is 20.4. The van der Waals surface area contributed by atoms with Crippen LogP contribution in [0, 0.1) is 5.92 Å². The molecular weight excluding hydrogens is 584 g/mol. The van der Waals surface area contributed by atoms with Crippen molar-refractivity contribution >= 4 is 33.3 Å². The second-order valence-corrected chi connectivity index (χ2v) is 13.2. The Morgan fingerprint density at radius 2 is 1.91 bits per heavy atom. The number of aliphatic hydroxyl groups is 2. The predicted molar refractivity (Wildman–Crippen MR) is 151 cm³/mol. The number of hydrogen-bond donors (Lipinski definition) is 4. The van der Waals surface area contributed by atoms with Gasteiger partial charge in [0.1, 0.15) is 15.9 Å². The van der Waals surface area contributed by atoms with Crippen LogP contribution in [0.3, 0.4) is 0 Å². The molecule has 0 aromatic heterocycles. The third-order valence-electron chi connectivity index (χ3n) is 7.60. The molecule has 5 unspecified atom stereocenters. The fraction of sp³-hybridized carbons (Fsp3) is 0.483. The largest absolute Gasteiger partial charge is 0.490 e. The summed E-state index contributed by atoms with van der Waals surface area (Å²) in [5, 5.41) is 32.3. The van der Waals surface area contributed by atoms with E-state index in [0.29, 0.717) is 22.4 Å². The van der Waals surface area contributed by atoms with Gasteiger partial charge in [0, 0.05) is 25.1 Å². The Labute approximate surface area is 248 Å². The molecule has 232 valence electrons. The normalized spacial score (nSPS) is 24.3. The standard InChI is InChI=1S/C29H34N2O11S/c1-3-40-22-11-16(9-10-21(22)41-23-12-20(32)25(33)26(42-23)29(36)37)19(14-43(2,38)39)31-13-17-5-4-6-18(24(17)28(31)35)30-27(34)15-7-8-15/h4-6,9-11,15,19-20,23,25-26,32-33H,3,7-8,12-14H2,1-2H3,(H,30,34)(H,36,37). The monoisotopic (exact) mass is 618 g/mol. The van der Waals surface area contributed by atoms with Gasteiger partial charge in [-0.2, -0.15) is 0 Å². The lowest BCUT2D eigenvalue weighted by Gasteiger charge is -2.35. The van der Waals surface area contributed by atoms with Crippen molar-refractivity contribution in [3.8, 4) is 11.5 Å². The number of rotatable bonds is 11. The molecule has 3 aliphatic rings. The molecule has 1 saturated carbocycles. The van der Waals surface area contributed by atoms with E-state index in [-0.39, 0.29) is 42.9 Å². The van der Waals surface area contributed by atoms with Gasteiger partial charge >= 0.3 is 5.97 Å². The van der Waals surface area contributed by atoms with Crippen LogP contribution in [0.4, 0.5) is 5.69 Å². The average Bonchev–Trinajstić information content (AvgIpc) is 3.73. The van der Waals surface area contributed by atoms with Crippen LogP contribution in [0.5, 0.6) is 11.5 Å². The lowest BCUT2D eigenvalue weighted by atomic mass is 10.0. The molecular formula is C29H34N2O11S. The number of nitrogens with zero attached hydrogens (tertiary/aromatic N) is 1. The number of carbonyl (C=O) groups is 3. The molecule has 1 aliphatic carbocycles. The molecule has 4 N–H and O–H groups in total. The number of carbonyl (C=O) groups excluding carboxylic acids is 2. The summed E-state index contributed by atoms with van der Waals surface area (Å²) in [7, 11) is -3.60. The van der Waals surface area contributed by atoms with Gasteiger partial charge in [-0.3, -0.25) is 9.59 Å². The zero-order valence-corrected chi connectivity index (χ0v) is 24.5. The second-order valence-electron chi connectivity index (χ2n) is 11.0. The molecule has 2 fully saturated rings. The number of aliphatic carboxylic acids is 1. The highest BCUT2D eigenvalue weighted by Crippen LogP contribution is 2.40. The lowest BCUT2D eigenvalue weighted by Crippen LogP contribution is -2.53. The van der Waals surface area contributed by atoms with Crippen molar-refractivity contribution in [2.45, 2.75) is 63.4 Å². The van der Waals surface area contributed by atoms with E-state index in [0.717, 1.165) is 19.1 Å². The zero-order valence-electron chi connectivity index (χ0n) is 23.6. The van der Waals surface area contributed by atoms with E-state index in [4.69, 9.17) is 14.2 Å². The Balaban J connectivity index is 1.44. The molecule has 2 amide bonds. The fourth-order valence-corrected chi connectivity index (χ4v) is 6.28. The third kappa shape index (κ3) is 6.77. The van der Waals surface area contributed by atoms with E-state index in [9.17, 15) is 38.1 Å². The Hall–Kier alpha value is -3.72. The number of aliphatic hydroxyl groups excluding tert-OH is 2. The van der Waals surface area contributed by atoms with E-state index in [1.54, 1.807) is 37.3 Å². The summed E-state index contributed by atoms with van der Waals surface area (Å²) in [6.45, 7) is 2.04. The van der Waals surface area contributed by atoms with E-state index in [1.807, 2.05) is 0 Å². The summed E-state index contributed by atoms with van der Waals surface area (Å²) < 4.78 is 42.1. The van der Waals surface area contributed by atoms with Crippen molar-refractivity contribution < 1.29 is 52.3 Å². The van der Waals surface area contributed by atoms with Crippen LogP contribution in [0.25, 0.3) is 0 Å². The van der Waals surface area contributed by atoms with Gasteiger partial charge in [0.25, 0.3) is 5.91 Å². The number of hydrogen-bond acceptors (Lipinski definition) is 10. The Morgan fingerprint density at radius 1 is 1.16 bits per heavy atom. The molecule has 13 nitrogen and oxygen atoms in total. The quantitative estimate of drug-likeness (QED) is 0.285. The maximum atomic E-state index is 13.8. The molecule has 2 heterocycles. The molecule has 14 heteroatoms. The van der Waals surface area contributed by atoms with E-state index < -0.39 is 58.1 Å². The maximum absolute atomic E-state index is 13.8. The number of anilines is 1. The molecule has 2 aliphatic heterocycles. The Bertz CT molecular complexity index is 1520. The maximum Gasteiger partial charge on any atom is 0.335 e. The molecule has 0 spiro atoms. The molecule has 1 saturated heterocycles. The van der Waals surface area contributed by atoms with Crippen molar-refractivity contribution in [3.05, 3.63) is 53.1 Å². The molecule has 0 radical (unpaired) electrons. The third-order valence-corrected chi connectivity index (χ3v) is 8.52. The summed E-state index contributed by atoms with van der Waals surface area (Å²) in [4.78, 5) is 39.2. The number of carboxylic acids is 1. The van der Waals surface area contributed by atoms with Crippen LogP contribution >= 0.6 is 0 Å². The number of fused-ring (bicyclic) bond motifs is 1. The van der Waals surface area contributed by atoms with Gasteiger partial charge in [0.2, 0.25) is 12.2 Å². The van der Waals surface area contributed by atoms with Crippen LogP contribution in [-0.4, -0.2) is 89.6 Å². The molecule has 5 atom stereocenters. The van der Waals surface area contributed by atoms with Crippen LogP contribution in [0.2, 0.25) is 0 Å². The van der Waals surface area contributed by atoms with Gasteiger partial charge < -0.3 is 39.7 Å². The van der Waals surface area contributed by atoms with Crippen molar-refractivity contribution in [2.24, 2.45) is 5.92 Å². The van der Waals surface area contributed by atoms with E-state index >= 15 is 0 Å². The Kier molecular flexibility index (Phi) is 8.65. The highest BCUT2D eigenvalue weighted by molar-refractivity contribution is 7.90. The SMILES string of the molecule is CCOc1cc(C(CS(C)(=O)=O)N2Cc3cccc(NC(=O)C4CC4)c3C2=O)ccc1OC1CC(O)C(O)C(C(=O)O)O1. The number of carboxylic acid groups (broad SMARTS) is 1. The first-order valence-electron chi connectivity index (χ1n) is 14.0. The van der Waals surface area contributed by atoms with E-state index in [1.165, 1.54) is 11.0 Å². The van der Waals surface area contributed by atoms with E-state index in [2.05, 4.69) is 5.32 Å². The van der Waals surface area contributed by atoms with Crippen molar-refractivity contribution in [2.75, 3.05) is 23.9 Å². The van der Waals surface area contributed by atoms with Gasteiger partial charge in [0.15, 0.2) is 17.6 Å². The van der Waals surface area contributed by atoms with Crippen molar-refractivity contribution in [1.82, 2.24) is 4.90 Å². The molecule has 2 aromatic rings. The first-order valence-corrected chi connectivity index (χ1v) is 16.0. The van der Waals surface area contributed by atoms with Crippen LogP contribution in [0.1, 0.15) is 53.7 Å². The van der Waals surface area contributed by atoms with Gasteiger partial charge in [-0.05, 0) is 49.1 Å². The van der Waals surface area contributed by atoms with Crippen molar-refractivity contribution in [3.63, 3.8) is 0 Å². The summed E-state index contributed by atoms with van der Waals surface area (Å²) in [5.41, 5.74) is 1.81. The Morgan fingerprint density at radius 3 is 2.56 bits per heavy atom. The van der Waals surface area contributed by atoms with Gasteiger partial charge in [-0.1, -0.05) is 18.2 Å². The first kappa shape index (κ1) is 30.7. The van der Waals surface area contributed by atoms with Gasteiger partial charge in [-0.15, -0.1) is 0 Å². The number of nitrogens with one attached hydrogen (secondary N) is 1. The smallest absolute Gasteiger partial charge is 0.335 e. The molecule has 2 aromatic carbocycles. The lowest BCUT2D eigenvalue weighted by molar-refractivity contribution is -0.228. The summed E-state index contributed by atoms with van der Waals surface area (Å²) >= 11 is 0. The number of amides is 2. The minimum absolute atomic E-state index is 0.0680. The van der Waals surface area contributed by atoms with Crippen molar-refractivity contribution in [1.29, 1.82) is 0 Å². The summed E-state index contributed by atoms with van der Waals surface area (Å²) in [6.07, 6.45) is -3.50. The number of benzene rings is 2. The number of ether oxygens (including phenoxy) is 3. The highest BCUT2D eigenvalue weighted by Gasteiger charge is 2.43. The number of sulfone groups is 1. The van der Waals surface area contributed by atoms with Gasteiger partial charge in [0.05, 0.1) is 35.8 Å². The molecule has 0 bridgehead atoms. The molecule has 43 heavy (non-hydrogen) atoms. The summed E-state index contributed by atoms with van der Waals surface area (Å²) in [5.74, 6) is -2.19. The molecule has 5 rings (SSSR count). The second kappa shape index (κ2) is 12.1. The van der Waals surface area contributed by atoms with Crippen LogP contribution in [0.15, 0.2) is 36.4 Å². The topological polar surface area (TPSA) is 189 Å². The zero-order chi connectivity index (χ0) is 31.1. The van der Waals surface area contributed by atoms with Gasteiger partial charge in [-0.25, -0.2) is 13.2 Å². The fourth-order valence-electron chi connectivity index (χ4n) is 5.33. The predicted octanol–water partition coefficient (Wildman–Crippen LogP) is 1.48. The average molecular weight is 619 g/mol.